The van der Waals surface area contributed by atoms with Gasteiger partial charge in [0.2, 0.25) is 0 Å². The average molecular weight is 561 g/mol. The van der Waals surface area contributed by atoms with Crippen LogP contribution in [0.5, 0.6) is 0 Å². The van der Waals surface area contributed by atoms with E-state index in [0.29, 0.717) is 23.0 Å². The number of hydrogen-bond acceptors (Lipinski definition) is 4. The first kappa shape index (κ1) is 27.2. The molecule has 2 fully saturated rings. The molecule has 0 spiro atoms. The molecular weight excluding hydrogens is 524 g/mol. The third-order valence-electron chi connectivity index (χ3n) is 9.54. The second-order valence-electron chi connectivity index (χ2n) is 12.9. The minimum Gasteiger partial charge on any atom is -0.208 e. The molecule has 4 aromatic carbocycles. The third-order valence-corrected chi connectivity index (χ3v) is 9.54. The van der Waals surface area contributed by atoms with Crippen molar-refractivity contribution in [2.75, 3.05) is 0 Å². The smallest absolute Gasteiger partial charge is 0.164 e. The van der Waals surface area contributed by atoms with E-state index in [1.165, 1.54) is 37.7 Å². The minimum atomic E-state index is 0.283. The number of hydrogen-bond donors (Lipinski definition) is 0. The molecule has 2 saturated carbocycles. The normalized spacial score (nSPS) is 23.0. The maximum atomic E-state index is 10.1. The van der Waals surface area contributed by atoms with Crippen LogP contribution in [0.25, 0.3) is 45.3 Å². The summed E-state index contributed by atoms with van der Waals surface area (Å²) in [6.07, 6.45) is 6.61. The van der Waals surface area contributed by atoms with Crippen LogP contribution in [0.2, 0.25) is 0 Å². The Hall–Kier alpha value is -4.62. The van der Waals surface area contributed by atoms with Crippen LogP contribution in [0, 0.1) is 29.1 Å². The van der Waals surface area contributed by atoms with Crippen LogP contribution in [-0.2, 0) is 5.41 Å². The van der Waals surface area contributed by atoms with Gasteiger partial charge in [-0.05, 0) is 84.6 Å². The maximum absolute atomic E-state index is 10.1. The number of benzene rings is 4. The van der Waals surface area contributed by atoms with Crippen molar-refractivity contribution in [2.45, 2.75) is 51.4 Å². The Morgan fingerprint density at radius 3 is 1.65 bits per heavy atom. The fourth-order valence-corrected chi connectivity index (χ4v) is 8.02. The Labute approximate surface area is 254 Å². The van der Waals surface area contributed by atoms with Crippen LogP contribution < -0.4 is 0 Å². The van der Waals surface area contributed by atoms with E-state index in [2.05, 4.69) is 50.2 Å². The van der Waals surface area contributed by atoms with Crippen LogP contribution >= 0.6 is 0 Å². The van der Waals surface area contributed by atoms with Gasteiger partial charge in [0, 0.05) is 22.3 Å². The topological polar surface area (TPSA) is 62.5 Å². The predicted octanol–water partition coefficient (Wildman–Crippen LogP) is 9.52. The molecule has 2 aliphatic rings. The molecule has 4 heteroatoms. The highest BCUT2D eigenvalue weighted by atomic mass is 15.0. The first-order valence-corrected chi connectivity index (χ1v) is 15.5. The Morgan fingerprint density at radius 1 is 0.605 bits per heavy atom. The molecule has 4 atom stereocenters. The fraction of sp³-hybridized carbons (Fsp3) is 0.282. The summed E-state index contributed by atoms with van der Waals surface area (Å²) >= 11 is 0. The van der Waals surface area contributed by atoms with Gasteiger partial charge >= 0.3 is 0 Å². The quantitative estimate of drug-likeness (QED) is 0.215. The molecule has 0 N–H and O–H groups in total. The van der Waals surface area contributed by atoms with Crippen molar-refractivity contribution >= 4 is 0 Å². The van der Waals surface area contributed by atoms with Gasteiger partial charge in [-0.15, -0.1) is 0 Å². The molecule has 4 nitrogen and oxygen atoms in total. The van der Waals surface area contributed by atoms with Gasteiger partial charge in [0.25, 0.3) is 0 Å². The molecule has 1 unspecified atom stereocenters. The first-order valence-electron chi connectivity index (χ1n) is 15.5. The number of nitrogens with zero attached hydrogens (tertiary/aromatic N) is 4. The summed E-state index contributed by atoms with van der Waals surface area (Å²) in [5, 5.41) is 10.1. The van der Waals surface area contributed by atoms with Crippen molar-refractivity contribution in [3.63, 3.8) is 0 Å². The Balaban J connectivity index is 1.29. The van der Waals surface area contributed by atoms with Crippen molar-refractivity contribution in [1.82, 2.24) is 15.0 Å². The van der Waals surface area contributed by atoms with Crippen molar-refractivity contribution < 1.29 is 0 Å². The summed E-state index contributed by atoms with van der Waals surface area (Å²) in [6.45, 7) is 4.87. The predicted molar refractivity (Wildman–Crippen MR) is 173 cm³/mol. The number of fused-ring (bicyclic) bond motifs is 2. The number of aromatic nitrogens is 3. The largest absolute Gasteiger partial charge is 0.208 e. The molecule has 43 heavy (non-hydrogen) atoms. The Kier molecular flexibility index (Phi) is 7.11. The van der Waals surface area contributed by atoms with Crippen molar-refractivity contribution in [1.29, 1.82) is 5.26 Å². The fourth-order valence-electron chi connectivity index (χ4n) is 8.02. The van der Waals surface area contributed by atoms with Crippen molar-refractivity contribution in [3.05, 3.63) is 114 Å². The molecule has 5 aromatic rings. The Morgan fingerprint density at radius 2 is 1.12 bits per heavy atom. The summed E-state index contributed by atoms with van der Waals surface area (Å²) in [6, 6.07) is 37.4. The van der Waals surface area contributed by atoms with Gasteiger partial charge in [0.05, 0.1) is 11.6 Å². The van der Waals surface area contributed by atoms with E-state index < -0.39 is 0 Å². The second kappa shape index (κ2) is 11.2. The van der Waals surface area contributed by atoms with Crippen LogP contribution in [-0.4, -0.2) is 15.0 Å². The molecule has 2 aliphatic carbocycles. The van der Waals surface area contributed by atoms with Gasteiger partial charge in [0.1, 0.15) is 0 Å². The van der Waals surface area contributed by atoms with Gasteiger partial charge in [-0.25, -0.2) is 15.0 Å². The monoisotopic (exact) mass is 560 g/mol. The molecule has 7 rings (SSSR count). The standard InChI is InChI=1S/C39H36N4/c1-26-19-28-20-27(2)23-39(22-26,24-28)34-17-15-29(16-18-34)35-21-32(13-14-33(35)25-40)38-42-36(30-9-5-3-6-10-30)41-37(43-38)31-11-7-4-8-12-31/h3-18,21,26-28H,19-20,22-24H2,1-2H3/t26-,27+,28-,39?. The number of rotatable bonds is 5. The molecule has 0 radical (unpaired) electrons. The van der Waals surface area contributed by atoms with Crippen LogP contribution in [0.1, 0.15) is 57.1 Å². The highest BCUT2D eigenvalue weighted by Crippen LogP contribution is 2.54. The zero-order chi connectivity index (χ0) is 29.4. The first-order chi connectivity index (χ1) is 21.0. The van der Waals surface area contributed by atoms with Gasteiger partial charge in [-0.1, -0.05) is 98.8 Å². The lowest BCUT2D eigenvalue weighted by molar-refractivity contribution is 0.0780. The zero-order valence-electron chi connectivity index (χ0n) is 24.9. The lowest BCUT2D eigenvalue weighted by atomic mass is 9.54. The van der Waals surface area contributed by atoms with Crippen LogP contribution in [0.3, 0.4) is 0 Å². The highest BCUT2D eigenvalue weighted by molar-refractivity contribution is 5.77. The maximum Gasteiger partial charge on any atom is 0.164 e. The van der Waals surface area contributed by atoms with E-state index >= 15 is 0 Å². The molecule has 2 bridgehead atoms. The molecule has 212 valence electrons. The second-order valence-corrected chi connectivity index (χ2v) is 12.9. The van der Waals surface area contributed by atoms with E-state index in [9.17, 15) is 5.26 Å². The van der Waals surface area contributed by atoms with E-state index in [1.54, 1.807) is 0 Å². The third kappa shape index (κ3) is 5.37. The van der Waals surface area contributed by atoms with E-state index in [0.717, 1.165) is 45.6 Å². The Bertz CT molecular complexity index is 1710. The molecular formula is C39H36N4. The summed E-state index contributed by atoms with van der Waals surface area (Å²) < 4.78 is 0. The molecule has 1 heterocycles. The van der Waals surface area contributed by atoms with E-state index in [-0.39, 0.29) is 5.41 Å². The molecule has 0 saturated heterocycles. The van der Waals surface area contributed by atoms with E-state index in [1.807, 2.05) is 72.8 Å². The number of nitriles is 1. The van der Waals surface area contributed by atoms with Gasteiger partial charge in [-0.3, -0.25) is 0 Å². The molecule has 0 aliphatic heterocycles. The summed E-state index contributed by atoms with van der Waals surface area (Å²) in [4.78, 5) is 14.6. The van der Waals surface area contributed by atoms with Crippen LogP contribution in [0.4, 0.5) is 0 Å². The van der Waals surface area contributed by atoms with Gasteiger partial charge in [-0.2, -0.15) is 5.26 Å². The zero-order valence-corrected chi connectivity index (χ0v) is 24.9. The van der Waals surface area contributed by atoms with Crippen molar-refractivity contribution in [2.24, 2.45) is 17.8 Å². The summed E-state index contributed by atoms with van der Waals surface area (Å²) in [5.74, 6) is 4.23. The highest BCUT2D eigenvalue weighted by Gasteiger charge is 2.45. The van der Waals surface area contributed by atoms with Gasteiger partial charge < -0.3 is 0 Å². The average Bonchev–Trinajstić information content (AvgIpc) is 3.04. The molecule has 1 aromatic heterocycles. The van der Waals surface area contributed by atoms with E-state index in [4.69, 9.17) is 15.0 Å². The SMILES string of the molecule is C[C@@H]1C[C@@H]2C[C@H](C)CC(c3ccc(-c4cc(-c5nc(-c6ccccc6)nc(-c6ccccc6)n5)ccc4C#N)cc3)(C1)C2. The van der Waals surface area contributed by atoms with Crippen LogP contribution in [0.15, 0.2) is 103 Å². The summed E-state index contributed by atoms with van der Waals surface area (Å²) in [7, 11) is 0. The van der Waals surface area contributed by atoms with Crippen molar-refractivity contribution in [3.8, 4) is 51.4 Å². The summed E-state index contributed by atoms with van der Waals surface area (Å²) in [5.41, 5.74) is 7.07. The minimum absolute atomic E-state index is 0.283. The molecule has 0 amide bonds. The van der Waals surface area contributed by atoms with Gasteiger partial charge in [0.15, 0.2) is 17.5 Å². The lowest BCUT2D eigenvalue weighted by Gasteiger charge is -2.50. The lowest BCUT2D eigenvalue weighted by Crippen LogP contribution is -2.42.